The molecule has 0 saturated heterocycles. The van der Waals surface area contributed by atoms with Crippen molar-refractivity contribution in [2.75, 3.05) is 6.54 Å². The molecule has 128 valence electrons. The molecular weight excluding hydrogens is 328 g/mol. The first-order valence-corrected chi connectivity index (χ1v) is 8.24. The van der Waals surface area contributed by atoms with E-state index in [1.54, 1.807) is 23.0 Å². The van der Waals surface area contributed by atoms with Gasteiger partial charge in [-0.1, -0.05) is 18.2 Å². The molecule has 0 aliphatic carbocycles. The number of nitriles is 1. The van der Waals surface area contributed by atoms with Crippen LogP contribution in [0.2, 0.25) is 0 Å². The lowest BCUT2D eigenvalue weighted by Gasteiger charge is -2.08. The summed E-state index contributed by atoms with van der Waals surface area (Å²) in [6, 6.07) is 13.6. The Morgan fingerprint density at radius 2 is 1.96 bits per heavy atom. The monoisotopic (exact) mass is 344 g/mol. The fourth-order valence-electron chi connectivity index (χ4n) is 3.21. The molecule has 0 fully saturated rings. The summed E-state index contributed by atoms with van der Waals surface area (Å²) in [5.41, 5.74) is 3.32. The van der Waals surface area contributed by atoms with Gasteiger partial charge in [0.1, 0.15) is 5.69 Å². The minimum absolute atomic E-state index is 0.256. The average Bonchev–Trinajstić information content (AvgIpc) is 3.20. The van der Waals surface area contributed by atoms with Crippen molar-refractivity contribution in [3.63, 3.8) is 0 Å². The topological polar surface area (TPSA) is 88.5 Å². The van der Waals surface area contributed by atoms with Crippen LogP contribution in [-0.4, -0.2) is 31.6 Å². The van der Waals surface area contributed by atoms with Gasteiger partial charge in [0.15, 0.2) is 0 Å². The summed E-state index contributed by atoms with van der Waals surface area (Å²) in [5, 5.41) is 12.5. The van der Waals surface area contributed by atoms with Gasteiger partial charge in [0.2, 0.25) is 5.95 Å². The van der Waals surface area contributed by atoms with Gasteiger partial charge in [-0.25, -0.2) is 9.97 Å². The van der Waals surface area contributed by atoms with Crippen molar-refractivity contribution in [2.45, 2.75) is 6.42 Å². The molecule has 4 aromatic rings. The van der Waals surface area contributed by atoms with E-state index in [-0.39, 0.29) is 12.3 Å². The first-order chi connectivity index (χ1) is 12.7. The Bertz CT molecular complexity index is 1150. The van der Waals surface area contributed by atoms with Gasteiger partial charge in [0, 0.05) is 31.4 Å². The number of fused-ring (bicyclic) bond motifs is 3. The number of amides is 1. The number of para-hydroxylation sites is 1. The van der Waals surface area contributed by atoms with E-state index in [0.717, 1.165) is 21.9 Å². The zero-order valence-electron chi connectivity index (χ0n) is 14.2. The molecule has 1 N–H and O–H groups in total. The van der Waals surface area contributed by atoms with Gasteiger partial charge in [-0.2, -0.15) is 5.26 Å². The smallest absolute Gasteiger partial charge is 0.268 e. The average molecular weight is 344 g/mol. The van der Waals surface area contributed by atoms with E-state index in [1.165, 1.54) is 0 Å². The molecular formula is C19H16N6O. The number of benzene rings is 1. The molecule has 7 nitrogen and oxygen atoms in total. The fourth-order valence-corrected chi connectivity index (χ4v) is 3.21. The number of hydrogen-bond acceptors (Lipinski definition) is 4. The van der Waals surface area contributed by atoms with Gasteiger partial charge in [0.25, 0.3) is 5.91 Å². The van der Waals surface area contributed by atoms with Crippen molar-refractivity contribution >= 4 is 27.8 Å². The van der Waals surface area contributed by atoms with E-state index in [2.05, 4.69) is 19.9 Å². The molecule has 3 heterocycles. The Morgan fingerprint density at radius 1 is 1.19 bits per heavy atom. The quantitative estimate of drug-likeness (QED) is 0.576. The number of carbonyl (C=O) groups excluding carboxylic acids is 1. The van der Waals surface area contributed by atoms with Crippen LogP contribution in [0.1, 0.15) is 16.9 Å². The Labute approximate surface area is 149 Å². The summed E-state index contributed by atoms with van der Waals surface area (Å²) in [4.78, 5) is 21.4. The van der Waals surface area contributed by atoms with Crippen LogP contribution >= 0.6 is 0 Å². The predicted octanol–water partition coefficient (Wildman–Crippen LogP) is 2.56. The van der Waals surface area contributed by atoms with Crippen LogP contribution < -0.4 is 5.32 Å². The van der Waals surface area contributed by atoms with Gasteiger partial charge in [-0.3, -0.25) is 9.36 Å². The largest absolute Gasteiger partial charge is 0.350 e. The van der Waals surface area contributed by atoms with Crippen LogP contribution in [0.5, 0.6) is 0 Å². The molecule has 0 aliphatic heterocycles. The second-order valence-electron chi connectivity index (χ2n) is 5.89. The first-order valence-electron chi connectivity index (χ1n) is 8.24. The first kappa shape index (κ1) is 15.8. The van der Waals surface area contributed by atoms with E-state index in [4.69, 9.17) is 5.26 Å². The third kappa shape index (κ3) is 2.40. The molecule has 0 unspecified atom stereocenters. The molecule has 1 aromatic carbocycles. The molecule has 3 aromatic heterocycles. The molecule has 26 heavy (non-hydrogen) atoms. The summed E-state index contributed by atoms with van der Waals surface area (Å²) < 4.78 is 3.83. The van der Waals surface area contributed by atoms with Crippen LogP contribution in [0, 0.1) is 11.3 Å². The van der Waals surface area contributed by atoms with Crippen molar-refractivity contribution in [1.29, 1.82) is 5.26 Å². The van der Waals surface area contributed by atoms with Crippen molar-refractivity contribution in [3.05, 3.63) is 54.5 Å². The standard InChI is InChI=1S/C19H16N6O/c1-24-14-7-3-2-6-13(14)17-15(24)12-16(18(26)21-9-4-8-20)25(17)19-22-10-5-11-23-19/h2-3,5-7,10-12H,4,9H2,1H3,(H,21,26). The number of carbonyl (C=O) groups is 1. The Morgan fingerprint density at radius 3 is 2.73 bits per heavy atom. The highest BCUT2D eigenvalue weighted by atomic mass is 16.1. The van der Waals surface area contributed by atoms with E-state index in [9.17, 15) is 4.79 Å². The Hall–Kier alpha value is -3.66. The van der Waals surface area contributed by atoms with Gasteiger partial charge in [-0.15, -0.1) is 0 Å². The third-order valence-corrected chi connectivity index (χ3v) is 4.37. The van der Waals surface area contributed by atoms with Gasteiger partial charge < -0.3 is 9.88 Å². The van der Waals surface area contributed by atoms with Crippen LogP contribution in [0.25, 0.3) is 27.9 Å². The number of aromatic nitrogens is 4. The Balaban J connectivity index is 1.99. The molecule has 7 heteroatoms. The van der Waals surface area contributed by atoms with E-state index >= 15 is 0 Å². The highest BCUT2D eigenvalue weighted by Crippen LogP contribution is 2.32. The van der Waals surface area contributed by atoms with Crippen LogP contribution in [-0.2, 0) is 7.05 Å². The fraction of sp³-hybridized carbons (Fsp3) is 0.158. The SMILES string of the molecule is Cn1c2ccccc2c2c1cc(C(=O)NCCC#N)n2-c1ncccn1. The third-order valence-electron chi connectivity index (χ3n) is 4.37. The summed E-state index contributed by atoms with van der Waals surface area (Å²) in [6.07, 6.45) is 3.56. The number of aryl methyl sites for hydroxylation is 1. The summed E-state index contributed by atoms with van der Waals surface area (Å²) in [5.74, 6) is 0.178. The van der Waals surface area contributed by atoms with Gasteiger partial charge in [-0.05, 0) is 18.2 Å². The van der Waals surface area contributed by atoms with Crippen molar-refractivity contribution in [3.8, 4) is 12.0 Å². The maximum absolute atomic E-state index is 12.7. The minimum atomic E-state index is -0.256. The normalized spacial score (nSPS) is 10.9. The zero-order chi connectivity index (χ0) is 18.1. The second-order valence-corrected chi connectivity index (χ2v) is 5.89. The van der Waals surface area contributed by atoms with Crippen molar-refractivity contribution in [1.82, 2.24) is 24.4 Å². The van der Waals surface area contributed by atoms with E-state index in [1.807, 2.05) is 43.4 Å². The highest BCUT2D eigenvalue weighted by molar-refractivity contribution is 6.10. The number of hydrogen-bond donors (Lipinski definition) is 1. The van der Waals surface area contributed by atoms with Crippen LogP contribution in [0.4, 0.5) is 0 Å². The lowest BCUT2D eigenvalue weighted by Crippen LogP contribution is -2.26. The van der Waals surface area contributed by atoms with Gasteiger partial charge >= 0.3 is 0 Å². The number of nitrogens with zero attached hydrogens (tertiary/aromatic N) is 5. The Kier molecular flexibility index (Phi) is 3.86. The molecule has 0 aliphatic rings. The summed E-state index contributed by atoms with van der Waals surface area (Å²) in [6.45, 7) is 0.299. The number of rotatable bonds is 4. The number of nitrogens with one attached hydrogen (secondary N) is 1. The van der Waals surface area contributed by atoms with Crippen LogP contribution in [0.15, 0.2) is 48.8 Å². The van der Waals surface area contributed by atoms with E-state index < -0.39 is 0 Å². The maximum Gasteiger partial charge on any atom is 0.268 e. The second kappa shape index (κ2) is 6.33. The van der Waals surface area contributed by atoms with E-state index in [0.29, 0.717) is 18.2 Å². The van der Waals surface area contributed by atoms with Crippen molar-refractivity contribution < 1.29 is 4.79 Å². The maximum atomic E-state index is 12.7. The lowest BCUT2D eigenvalue weighted by molar-refractivity contribution is 0.0948. The lowest BCUT2D eigenvalue weighted by atomic mass is 10.2. The molecule has 0 spiro atoms. The van der Waals surface area contributed by atoms with Gasteiger partial charge in [0.05, 0.1) is 29.0 Å². The van der Waals surface area contributed by atoms with Crippen LogP contribution in [0.3, 0.4) is 0 Å². The highest BCUT2D eigenvalue weighted by Gasteiger charge is 2.22. The molecule has 4 rings (SSSR count). The molecule has 0 radical (unpaired) electrons. The molecule has 0 atom stereocenters. The molecule has 0 bridgehead atoms. The predicted molar refractivity (Wildman–Crippen MR) is 97.9 cm³/mol. The molecule has 1 amide bonds. The van der Waals surface area contributed by atoms with Crippen molar-refractivity contribution in [2.24, 2.45) is 7.05 Å². The minimum Gasteiger partial charge on any atom is -0.350 e. The zero-order valence-corrected chi connectivity index (χ0v) is 14.2. The summed E-state index contributed by atoms with van der Waals surface area (Å²) in [7, 11) is 1.97. The summed E-state index contributed by atoms with van der Waals surface area (Å²) >= 11 is 0. The molecule has 0 saturated carbocycles.